The van der Waals surface area contributed by atoms with Crippen LogP contribution in [0.4, 0.5) is 18.9 Å². The number of ether oxygens (including phenoxy) is 1. The summed E-state index contributed by atoms with van der Waals surface area (Å²) >= 11 is 6.10. The van der Waals surface area contributed by atoms with Crippen LogP contribution < -0.4 is 9.64 Å². The summed E-state index contributed by atoms with van der Waals surface area (Å²) < 4.78 is 43.9. The summed E-state index contributed by atoms with van der Waals surface area (Å²) in [5.41, 5.74) is 0.142. The number of hydrogen-bond donors (Lipinski definition) is 0. The summed E-state index contributed by atoms with van der Waals surface area (Å²) in [4.78, 5) is 16.0. The van der Waals surface area contributed by atoms with Crippen LogP contribution >= 0.6 is 11.6 Å². The molecule has 1 fully saturated rings. The first kappa shape index (κ1) is 19.4. The molecule has 1 aliphatic heterocycles. The predicted octanol–water partition coefficient (Wildman–Crippen LogP) is 4.33. The second-order valence-corrected chi connectivity index (χ2v) is 6.58. The van der Waals surface area contributed by atoms with Crippen LogP contribution in [0.3, 0.4) is 0 Å². The van der Waals surface area contributed by atoms with Crippen LogP contribution in [0.1, 0.15) is 15.9 Å². The Hall–Kier alpha value is -2.41. The lowest BCUT2D eigenvalue weighted by Gasteiger charge is -2.36. The van der Waals surface area contributed by atoms with Gasteiger partial charge in [-0.05, 0) is 42.5 Å². The second kappa shape index (κ2) is 7.68. The van der Waals surface area contributed by atoms with Gasteiger partial charge < -0.3 is 14.5 Å². The Balaban J connectivity index is 1.69. The van der Waals surface area contributed by atoms with Gasteiger partial charge in [-0.1, -0.05) is 11.6 Å². The van der Waals surface area contributed by atoms with Crippen LogP contribution in [-0.2, 0) is 6.18 Å². The number of alkyl halides is 3. The highest BCUT2D eigenvalue weighted by Gasteiger charge is 2.32. The van der Waals surface area contributed by atoms with Gasteiger partial charge in [-0.2, -0.15) is 13.2 Å². The Kier molecular flexibility index (Phi) is 5.51. The zero-order chi connectivity index (χ0) is 19.6. The summed E-state index contributed by atoms with van der Waals surface area (Å²) in [7, 11) is 1.55. The van der Waals surface area contributed by atoms with Crippen LogP contribution in [0.15, 0.2) is 42.5 Å². The molecule has 2 aromatic carbocycles. The fourth-order valence-corrected chi connectivity index (χ4v) is 3.24. The number of rotatable bonds is 3. The molecule has 0 N–H and O–H groups in total. The number of methoxy groups -OCH3 is 1. The van der Waals surface area contributed by atoms with E-state index < -0.39 is 11.7 Å². The molecule has 1 heterocycles. The lowest BCUT2D eigenvalue weighted by molar-refractivity contribution is -0.137. The van der Waals surface area contributed by atoms with Crippen molar-refractivity contribution < 1.29 is 22.7 Å². The minimum atomic E-state index is -4.43. The van der Waals surface area contributed by atoms with Gasteiger partial charge in [0.15, 0.2) is 0 Å². The Bertz CT molecular complexity index is 817. The number of carbonyl (C=O) groups excluding carboxylic acids is 1. The van der Waals surface area contributed by atoms with Gasteiger partial charge in [0.25, 0.3) is 5.91 Å². The maximum atomic E-state index is 13.0. The van der Waals surface area contributed by atoms with E-state index in [0.717, 1.165) is 12.1 Å². The summed E-state index contributed by atoms with van der Waals surface area (Å²) in [6.07, 6.45) is -4.43. The maximum absolute atomic E-state index is 13.0. The highest BCUT2D eigenvalue weighted by molar-refractivity contribution is 6.33. The van der Waals surface area contributed by atoms with Gasteiger partial charge in [-0.25, -0.2) is 0 Å². The molecule has 0 saturated carbocycles. The molecular formula is C19H18ClF3N2O2. The zero-order valence-electron chi connectivity index (χ0n) is 14.6. The van der Waals surface area contributed by atoms with Crippen molar-refractivity contribution in [3.8, 4) is 5.75 Å². The molecule has 27 heavy (non-hydrogen) atoms. The number of halogens is 4. The van der Waals surface area contributed by atoms with E-state index in [1.54, 1.807) is 41.2 Å². The van der Waals surface area contributed by atoms with Gasteiger partial charge in [-0.3, -0.25) is 4.79 Å². The van der Waals surface area contributed by atoms with Crippen LogP contribution in [0.2, 0.25) is 5.02 Å². The summed E-state index contributed by atoms with van der Waals surface area (Å²) in [6.45, 7) is 1.61. The Morgan fingerprint density at radius 1 is 1.04 bits per heavy atom. The summed E-state index contributed by atoms with van der Waals surface area (Å²) in [5.74, 6) is 0.544. The first-order valence-corrected chi connectivity index (χ1v) is 8.72. The molecule has 3 rings (SSSR count). The van der Waals surface area contributed by atoms with Crippen LogP contribution in [0.25, 0.3) is 0 Å². The molecule has 0 atom stereocenters. The summed E-state index contributed by atoms with van der Waals surface area (Å²) in [6, 6.07) is 10.1. The van der Waals surface area contributed by atoms with Crippen molar-refractivity contribution >= 4 is 23.2 Å². The molecule has 0 aliphatic carbocycles. The second-order valence-electron chi connectivity index (χ2n) is 6.17. The molecule has 1 amide bonds. The normalized spacial score (nSPS) is 15.0. The van der Waals surface area contributed by atoms with Crippen molar-refractivity contribution in [3.05, 3.63) is 58.6 Å². The largest absolute Gasteiger partial charge is 0.497 e. The highest BCUT2D eigenvalue weighted by Crippen LogP contribution is 2.35. The van der Waals surface area contributed by atoms with Crippen molar-refractivity contribution in [1.82, 2.24) is 4.90 Å². The standard InChI is InChI=1S/C19H18ClF3N2O2/c1-27-15-5-2-13(3-6-15)18(26)25-10-8-24(9-11-25)17-12-14(19(21,22)23)4-7-16(17)20/h2-7,12H,8-11H2,1H3. The molecule has 0 aromatic heterocycles. The highest BCUT2D eigenvalue weighted by atomic mass is 35.5. The molecule has 0 spiro atoms. The van der Waals surface area contributed by atoms with Gasteiger partial charge >= 0.3 is 6.18 Å². The van der Waals surface area contributed by atoms with Gasteiger partial charge in [0, 0.05) is 31.7 Å². The third-order valence-electron chi connectivity index (χ3n) is 4.52. The molecule has 4 nitrogen and oxygen atoms in total. The first-order chi connectivity index (χ1) is 12.8. The minimum absolute atomic E-state index is 0.118. The number of hydrogen-bond acceptors (Lipinski definition) is 3. The Labute approximate surface area is 160 Å². The number of anilines is 1. The van der Waals surface area contributed by atoms with Gasteiger partial charge in [-0.15, -0.1) is 0 Å². The third-order valence-corrected chi connectivity index (χ3v) is 4.84. The average Bonchev–Trinajstić information content (AvgIpc) is 2.67. The van der Waals surface area contributed by atoms with Gasteiger partial charge in [0.2, 0.25) is 0 Å². The molecular weight excluding hydrogens is 381 g/mol. The van der Waals surface area contributed by atoms with E-state index in [1.807, 2.05) is 0 Å². The first-order valence-electron chi connectivity index (χ1n) is 8.34. The molecule has 1 aliphatic rings. The number of amides is 1. The fraction of sp³-hybridized carbons (Fsp3) is 0.316. The number of benzene rings is 2. The smallest absolute Gasteiger partial charge is 0.416 e. The maximum Gasteiger partial charge on any atom is 0.416 e. The molecule has 144 valence electrons. The van der Waals surface area contributed by atoms with Crippen molar-refractivity contribution in [2.75, 3.05) is 38.2 Å². The molecule has 0 unspecified atom stereocenters. The van der Waals surface area contributed by atoms with E-state index >= 15 is 0 Å². The molecule has 2 aromatic rings. The quantitative estimate of drug-likeness (QED) is 0.771. The Morgan fingerprint density at radius 2 is 1.67 bits per heavy atom. The monoisotopic (exact) mass is 398 g/mol. The molecule has 1 saturated heterocycles. The fourth-order valence-electron chi connectivity index (χ4n) is 3.00. The lowest BCUT2D eigenvalue weighted by atomic mass is 10.1. The van der Waals surface area contributed by atoms with Crippen LogP contribution in [0.5, 0.6) is 5.75 Å². The molecule has 0 radical (unpaired) electrons. The third kappa shape index (κ3) is 4.30. The SMILES string of the molecule is COc1ccc(C(=O)N2CCN(c3cc(C(F)(F)F)ccc3Cl)CC2)cc1. The molecule has 8 heteroatoms. The van der Waals surface area contributed by atoms with Crippen molar-refractivity contribution in [2.24, 2.45) is 0 Å². The van der Waals surface area contributed by atoms with Crippen molar-refractivity contribution in [1.29, 1.82) is 0 Å². The average molecular weight is 399 g/mol. The number of piperazine rings is 1. The van der Waals surface area contributed by atoms with Crippen LogP contribution in [0, 0.1) is 0 Å². The van der Waals surface area contributed by atoms with Crippen LogP contribution in [-0.4, -0.2) is 44.1 Å². The van der Waals surface area contributed by atoms with E-state index in [2.05, 4.69) is 0 Å². The Morgan fingerprint density at radius 3 is 2.22 bits per heavy atom. The van der Waals surface area contributed by atoms with Gasteiger partial charge in [0.05, 0.1) is 23.4 Å². The topological polar surface area (TPSA) is 32.8 Å². The summed E-state index contributed by atoms with van der Waals surface area (Å²) in [5, 5.41) is 0.262. The van der Waals surface area contributed by atoms with Crippen molar-refractivity contribution in [2.45, 2.75) is 6.18 Å². The minimum Gasteiger partial charge on any atom is -0.497 e. The number of carbonyl (C=O) groups is 1. The molecule has 0 bridgehead atoms. The predicted molar refractivity (Wildman–Crippen MR) is 97.6 cm³/mol. The lowest BCUT2D eigenvalue weighted by Crippen LogP contribution is -2.49. The zero-order valence-corrected chi connectivity index (χ0v) is 15.3. The van der Waals surface area contributed by atoms with E-state index in [-0.39, 0.29) is 10.9 Å². The van der Waals surface area contributed by atoms with Gasteiger partial charge in [0.1, 0.15) is 5.75 Å². The van der Waals surface area contributed by atoms with E-state index in [4.69, 9.17) is 16.3 Å². The van der Waals surface area contributed by atoms with E-state index in [1.165, 1.54) is 6.07 Å². The number of nitrogens with zero attached hydrogens (tertiary/aromatic N) is 2. The van der Waals surface area contributed by atoms with E-state index in [9.17, 15) is 18.0 Å². The van der Waals surface area contributed by atoms with Crippen molar-refractivity contribution in [3.63, 3.8) is 0 Å². The van der Waals surface area contributed by atoms with E-state index in [0.29, 0.717) is 43.2 Å².